The third kappa shape index (κ3) is 3.66. The van der Waals surface area contributed by atoms with Gasteiger partial charge in [0, 0.05) is 27.5 Å². The minimum absolute atomic E-state index is 0.106. The van der Waals surface area contributed by atoms with E-state index in [4.69, 9.17) is 10.5 Å². The Bertz CT molecular complexity index is 574. The lowest BCUT2D eigenvalue weighted by molar-refractivity contribution is 0.189. The quantitative estimate of drug-likeness (QED) is 0.829. The molecule has 0 saturated heterocycles. The van der Waals surface area contributed by atoms with Gasteiger partial charge in [0.2, 0.25) is 0 Å². The third-order valence-corrected chi connectivity index (χ3v) is 5.37. The smallest absolute Gasteiger partial charge is 0.123 e. The SMILES string of the molecule is COc1ccc(Br)cc1C(CN)N(C)C(C)c1cccs1. The van der Waals surface area contributed by atoms with Crippen molar-refractivity contribution >= 4 is 27.3 Å². The van der Waals surface area contributed by atoms with Gasteiger partial charge in [0.25, 0.3) is 0 Å². The van der Waals surface area contributed by atoms with Crippen LogP contribution in [-0.2, 0) is 0 Å². The number of rotatable bonds is 6. The summed E-state index contributed by atoms with van der Waals surface area (Å²) in [6, 6.07) is 10.7. The maximum Gasteiger partial charge on any atom is 0.123 e. The first-order chi connectivity index (χ1) is 10.1. The molecule has 0 aliphatic carbocycles. The van der Waals surface area contributed by atoms with Crippen molar-refractivity contribution in [3.05, 3.63) is 50.6 Å². The van der Waals surface area contributed by atoms with Gasteiger partial charge in [0.15, 0.2) is 0 Å². The third-order valence-electron chi connectivity index (χ3n) is 3.83. The van der Waals surface area contributed by atoms with E-state index in [0.717, 1.165) is 15.8 Å². The van der Waals surface area contributed by atoms with E-state index in [2.05, 4.69) is 58.4 Å². The van der Waals surface area contributed by atoms with Crippen molar-refractivity contribution < 1.29 is 4.74 Å². The second-order valence-electron chi connectivity index (χ2n) is 4.99. The lowest BCUT2D eigenvalue weighted by atomic mass is 10.0. The molecule has 2 unspecified atom stereocenters. The number of halogens is 1. The Morgan fingerprint density at radius 3 is 2.71 bits per heavy atom. The van der Waals surface area contributed by atoms with Gasteiger partial charge in [-0.2, -0.15) is 0 Å². The van der Waals surface area contributed by atoms with Crippen LogP contribution in [0.5, 0.6) is 5.75 Å². The van der Waals surface area contributed by atoms with E-state index in [-0.39, 0.29) is 6.04 Å². The zero-order valence-electron chi connectivity index (χ0n) is 12.5. The van der Waals surface area contributed by atoms with Crippen molar-refractivity contribution in [2.75, 3.05) is 20.7 Å². The van der Waals surface area contributed by atoms with E-state index in [9.17, 15) is 0 Å². The molecule has 21 heavy (non-hydrogen) atoms. The summed E-state index contributed by atoms with van der Waals surface area (Å²) in [6.45, 7) is 2.75. The number of benzene rings is 1. The molecular formula is C16H21BrN2OS. The van der Waals surface area contributed by atoms with Crippen LogP contribution in [0.4, 0.5) is 0 Å². The van der Waals surface area contributed by atoms with Gasteiger partial charge in [0.05, 0.1) is 13.2 Å². The van der Waals surface area contributed by atoms with Crippen molar-refractivity contribution in [3.8, 4) is 5.75 Å². The average molecular weight is 369 g/mol. The first-order valence-electron chi connectivity index (χ1n) is 6.87. The number of hydrogen-bond acceptors (Lipinski definition) is 4. The number of likely N-dealkylation sites (N-methyl/N-ethyl adjacent to an activating group) is 1. The van der Waals surface area contributed by atoms with E-state index in [1.807, 2.05) is 12.1 Å². The number of hydrogen-bond donors (Lipinski definition) is 1. The number of ether oxygens (including phenoxy) is 1. The Hall–Kier alpha value is -0.880. The van der Waals surface area contributed by atoms with Gasteiger partial charge >= 0.3 is 0 Å². The van der Waals surface area contributed by atoms with Gasteiger partial charge in [-0.15, -0.1) is 11.3 Å². The number of methoxy groups -OCH3 is 1. The Morgan fingerprint density at radius 1 is 1.38 bits per heavy atom. The van der Waals surface area contributed by atoms with Gasteiger partial charge in [-0.25, -0.2) is 0 Å². The lowest BCUT2D eigenvalue weighted by Gasteiger charge is -2.33. The van der Waals surface area contributed by atoms with Crippen molar-refractivity contribution in [1.29, 1.82) is 0 Å². The summed E-state index contributed by atoms with van der Waals surface area (Å²) in [4.78, 5) is 3.64. The van der Waals surface area contributed by atoms with Crippen molar-refractivity contribution in [2.24, 2.45) is 5.73 Å². The first kappa shape index (κ1) is 16.5. The predicted molar refractivity (Wildman–Crippen MR) is 93.0 cm³/mol. The van der Waals surface area contributed by atoms with Crippen LogP contribution in [-0.4, -0.2) is 25.6 Å². The van der Waals surface area contributed by atoms with Crippen molar-refractivity contribution in [3.63, 3.8) is 0 Å². The molecule has 2 atom stereocenters. The Kier molecular flexibility index (Phi) is 5.81. The molecule has 0 fully saturated rings. The molecule has 1 heterocycles. The fourth-order valence-electron chi connectivity index (χ4n) is 2.48. The molecule has 5 heteroatoms. The maximum atomic E-state index is 6.06. The topological polar surface area (TPSA) is 38.5 Å². The highest BCUT2D eigenvalue weighted by molar-refractivity contribution is 9.10. The summed E-state index contributed by atoms with van der Waals surface area (Å²) in [6.07, 6.45) is 0. The molecule has 2 rings (SSSR count). The van der Waals surface area contributed by atoms with Crippen LogP contribution >= 0.6 is 27.3 Å². The molecule has 0 bridgehead atoms. The van der Waals surface area contributed by atoms with E-state index < -0.39 is 0 Å². The maximum absolute atomic E-state index is 6.06. The number of nitrogens with two attached hydrogens (primary N) is 1. The van der Waals surface area contributed by atoms with Gasteiger partial charge in [0.1, 0.15) is 5.75 Å². The van der Waals surface area contributed by atoms with Crippen LogP contribution in [0.3, 0.4) is 0 Å². The monoisotopic (exact) mass is 368 g/mol. The molecule has 2 N–H and O–H groups in total. The number of thiophene rings is 1. The number of nitrogens with zero attached hydrogens (tertiary/aromatic N) is 1. The molecule has 0 aliphatic rings. The van der Waals surface area contributed by atoms with E-state index in [0.29, 0.717) is 12.6 Å². The van der Waals surface area contributed by atoms with Gasteiger partial charge < -0.3 is 10.5 Å². The molecule has 114 valence electrons. The second kappa shape index (κ2) is 7.40. The fourth-order valence-corrected chi connectivity index (χ4v) is 3.69. The van der Waals surface area contributed by atoms with Crippen LogP contribution in [0.2, 0.25) is 0 Å². The van der Waals surface area contributed by atoms with Crippen molar-refractivity contribution in [2.45, 2.75) is 19.0 Å². The summed E-state index contributed by atoms with van der Waals surface area (Å²) in [5, 5.41) is 2.11. The Morgan fingerprint density at radius 2 is 2.14 bits per heavy atom. The zero-order chi connectivity index (χ0) is 15.4. The first-order valence-corrected chi connectivity index (χ1v) is 8.54. The summed E-state index contributed by atoms with van der Waals surface area (Å²) in [5.74, 6) is 0.874. The van der Waals surface area contributed by atoms with Gasteiger partial charge in [-0.3, -0.25) is 4.90 Å². The summed E-state index contributed by atoms with van der Waals surface area (Å²) in [7, 11) is 3.81. The predicted octanol–water partition coefficient (Wildman–Crippen LogP) is 4.21. The van der Waals surface area contributed by atoms with E-state index in [1.165, 1.54) is 4.88 Å². The summed E-state index contributed by atoms with van der Waals surface area (Å²) in [5.41, 5.74) is 7.17. The molecule has 0 spiro atoms. The van der Waals surface area contributed by atoms with E-state index in [1.54, 1.807) is 18.4 Å². The van der Waals surface area contributed by atoms with Gasteiger partial charge in [-0.05, 0) is 43.6 Å². The molecule has 0 saturated carbocycles. The Labute approximate surface area is 138 Å². The van der Waals surface area contributed by atoms with Crippen LogP contribution in [0.15, 0.2) is 40.2 Å². The molecule has 1 aromatic carbocycles. The molecule has 0 amide bonds. The summed E-state index contributed by atoms with van der Waals surface area (Å²) >= 11 is 5.31. The van der Waals surface area contributed by atoms with Crippen LogP contribution < -0.4 is 10.5 Å². The van der Waals surface area contributed by atoms with E-state index >= 15 is 0 Å². The molecule has 0 aliphatic heterocycles. The minimum Gasteiger partial charge on any atom is -0.496 e. The molecular weight excluding hydrogens is 348 g/mol. The van der Waals surface area contributed by atoms with Crippen LogP contribution in [0, 0.1) is 0 Å². The Balaban J connectivity index is 2.32. The fraction of sp³-hybridized carbons (Fsp3) is 0.375. The lowest BCUT2D eigenvalue weighted by Crippen LogP contribution is -2.32. The highest BCUT2D eigenvalue weighted by Gasteiger charge is 2.24. The molecule has 1 aromatic heterocycles. The highest BCUT2D eigenvalue weighted by Crippen LogP contribution is 2.35. The van der Waals surface area contributed by atoms with Crippen molar-refractivity contribution in [1.82, 2.24) is 4.90 Å². The van der Waals surface area contributed by atoms with Crippen LogP contribution in [0.25, 0.3) is 0 Å². The standard InChI is InChI=1S/C16H21BrN2OS/c1-11(16-5-4-8-21-16)19(2)14(10-18)13-9-12(17)6-7-15(13)20-3/h4-9,11,14H,10,18H2,1-3H3. The zero-order valence-corrected chi connectivity index (χ0v) is 14.9. The normalized spacial score (nSPS) is 14.2. The largest absolute Gasteiger partial charge is 0.496 e. The van der Waals surface area contributed by atoms with Crippen LogP contribution in [0.1, 0.15) is 29.4 Å². The average Bonchev–Trinajstić information content (AvgIpc) is 3.01. The van der Waals surface area contributed by atoms with Gasteiger partial charge in [-0.1, -0.05) is 22.0 Å². The molecule has 0 radical (unpaired) electrons. The molecule has 3 nitrogen and oxygen atoms in total. The minimum atomic E-state index is 0.106. The highest BCUT2D eigenvalue weighted by atomic mass is 79.9. The summed E-state index contributed by atoms with van der Waals surface area (Å²) < 4.78 is 6.54. The molecule has 2 aromatic rings. The second-order valence-corrected chi connectivity index (χ2v) is 6.89.